The number of anilines is 1. The van der Waals surface area contributed by atoms with Crippen LogP contribution in [0.5, 0.6) is 0 Å². The summed E-state index contributed by atoms with van der Waals surface area (Å²) in [4.78, 5) is 8.91. The van der Waals surface area contributed by atoms with Gasteiger partial charge in [-0.3, -0.25) is 0 Å². The van der Waals surface area contributed by atoms with Gasteiger partial charge < -0.3 is 4.57 Å². The van der Waals surface area contributed by atoms with Crippen LogP contribution in [0, 0.1) is 0 Å². The minimum atomic E-state index is 0.492. The van der Waals surface area contributed by atoms with E-state index in [4.69, 9.17) is 0 Å². The molecule has 0 spiro atoms. The van der Waals surface area contributed by atoms with Crippen LogP contribution in [0.25, 0.3) is 21.3 Å². The number of hydrogen-bond acceptors (Lipinski definition) is 6. The van der Waals surface area contributed by atoms with Crippen LogP contribution in [0.4, 0.5) is 11.1 Å². The van der Waals surface area contributed by atoms with Crippen molar-refractivity contribution in [1.29, 1.82) is 0 Å². The van der Waals surface area contributed by atoms with Crippen molar-refractivity contribution in [3.05, 3.63) is 48.5 Å². The fourth-order valence-electron chi connectivity index (χ4n) is 2.42. The van der Waals surface area contributed by atoms with Crippen LogP contribution in [-0.2, 0) is 7.05 Å². The molecule has 25 heavy (non-hydrogen) atoms. The molecule has 8 heteroatoms. The van der Waals surface area contributed by atoms with E-state index in [1.54, 1.807) is 6.92 Å². The zero-order valence-corrected chi connectivity index (χ0v) is 14.5. The van der Waals surface area contributed by atoms with Crippen LogP contribution in [0.3, 0.4) is 0 Å². The van der Waals surface area contributed by atoms with Gasteiger partial charge in [-0.15, -0.1) is 10.2 Å². The second kappa shape index (κ2) is 6.40. The van der Waals surface area contributed by atoms with Gasteiger partial charge in [0.25, 0.3) is 0 Å². The first kappa shape index (κ1) is 15.4. The molecular formula is C17H15N7S. The molecule has 2 aromatic heterocycles. The Balaban J connectivity index is 1.51. The summed E-state index contributed by atoms with van der Waals surface area (Å²) in [6, 6.07) is 15.8. The van der Waals surface area contributed by atoms with Gasteiger partial charge in [0.1, 0.15) is 0 Å². The number of para-hydroxylation sites is 3. The van der Waals surface area contributed by atoms with E-state index >= 15 is 0 Å². The van der Waals surface area contributed by atoms with Gasteiger partial charge >= 0.3 is 0 Å². The molecule has 0 unspecified atom stereocenters. The van der Waals surface area contributed by atoms with Crippen molar-refractivity contribution < 1.29 is 0 Å². The van der Waals surface area contributed by atoms with E-state index in [-0.39, 0.29) is 0 Å². The number of aromatic nitrogens is 3. The number of amidine groups is 1. The topological polar surface area (TPSA) is 79.8 Å². The smallest absolute Gasteiger partial charge is 0.231 e. The molecule has 0 bridgehead atoms. The molecule has 0 amide bonds. The fraction of sp³-hybridized carbons (Fsp3) is 0.118. The van der Waals surface area contributed by atoms with Gasteiger partial charge in [0.15, 0.2) is 5.84 Å². The molecule has 7 nitrogen and oxygen atoms in total. The predicted molar refractivity (Wildman–Crippen MR) is 102 cm³/mol. The molecule has 0 fully saturated rings. The molecule has 0 aliphatic heterocycles. The third kappa shape index (κ3) is 3.11. The minimum Gasteiger partial charge on any atom is -0.312 e. The Morgan fingerprint density at radius 3 is 2.60 bits per heavy atom. The van der Waals surface area contributed by atoms with Crippen molar-refractivity contribution in [2.24, 2.45) is 22.4 Å². The van der Waals surface area contributed by atoms with E-state index in [1.807, 2.05) is 60.1 Å². The average Bonchev–Trinajstić information content (AvgIpc) is 3.19. The highest BCUT2D eigenvalue weighted by Crippen LogP contribution is 2.27. The van der Waals surface area contributed by atoms with Gasteiger partial charge in [0.2, 0.25) is 11.1 Å². The van der Waals surface area contributed by atoms with Crippen molar-refractivity contribution in [2.75, 3.05) is 5.43 Å². The molecule has 2 heterocycles. The van der Waals surface area contributed by atoms with Crippen molar-refractivity contribution in [3.8, 4) is 0 Å². The molecule has 124 valence electrons. The summed E-state index contributed by atoms with van der Waals surface area (Å²) in [5, 5.41) is 13.1. The molecule has 4 aromatic rings. The Hall–Kier alpha value is -3.13. The Kier molecular flexibility index (Phi) is 3.95. The fourth-order valence-corrected chi connectivity index (χ4v) is 3.20. The SMILES string of the molecule is C/C(N=Nc1nc2ccccc2s1)=N/Nc1nc2ccccc2n1C. The first-order chi connectivity index (χ1) is 12.2. The Morgan fingerprint density at radius 2 is 1.80 bits per heavy atom. The van der Waals surface area contributed by atoms with E-state index < -0.39 is 0 Å². The zero-order valence-electron chi connectivity index (χ0n) is 13.7. The van der Waals surface area contributed by atoms with Crippen LogP contribution in [0.1, 0.15) is 6.92 Å². The summed E-state index contributed by atoms with van der Waals surface area (Å²) in [5.74, 6) is 1.14. The number of thiazole rings is 1. The summed E-state index contributed by atoms with van der Waals surface area (Å²) in [6.07, 6.45) is 0. The van der Waals surface area contributed by atoms with Crippen LogP contribution >= 0.6 is 11.3 Å². The maximum Gasteiger partial charge on any atom is 0.231 e. The van der Waals surface area contributed by atoms with Gasteiger partial charge in [-0.1, -0.05) is 35.6 Å². The lowest BCUT2D eigenvalue weighted by Gasteiger charge is -2.00. The first-order valence-electron chi connectivity index (χ1n) is 7.70. The molecule has 0 radical (unpaired) electrons. The van der Waals surface area contributed by atoms with Crippen LogP contribution in [-0.4, -0.2) is 20.4 Å². The number of benzene rings is 2. The number of nitrogens with zero attached hydrogens (tertiary/aromatic N) is 6. The Bertz CT molecular complexity index is 1070. The number of imidazole rings is 1. The molecule has 0 aliphatic carbocycles. The van der Waals surface area contributed by atoms with Gasteiger partial charge in [-0.2, -0.15) is 5.10 Å². The third-order valence-corrected chi connectivity index (χ3v) is 4.59. The van der Waals surface area contributed by atoms with E-state index in [2.05, 4.69) is 30.7 Å². The lowest BCUT2D eigenvalue weighted by atomic mass is 10.3. The highest BCUT2D eigenvalue weighted by molar-refractivity contribution is 7.21. The maximum absolute atomic E-state index is 4.49. The van der Waals surface area contributed by atoms with Crippen LogP contribution in [0.15, 0.2) is 63.9 Å². The van der Waals surface area contributed by atoms with E-state index in [0.717, 1.165) is 21.3 Å². The average molecular weight is 349 g/mol. The van der Waals surface area contributed by atoms with Gasteiger partial charge in [0.05, 0.1) is 21.3 Å². The predicted octanol–water partition coefficient (Wildman–Crippen LogP) is 4.71. The molecule has 0 aliphatic rings. The number of fused-ring (bicyclic) bond motifs is 2. The summed E-state index contributed by atoms with van der Waals surface area (Å²) in [5.41, 5.74) is 5.81. The quantitative estimate of drug-likeness (QED) is 0.252. The van der Waals surface area contributed by atoms with E-state index in [1.165, 1.54) is 11.3 Å². The zero-order chi connectivity index (χ0) is 17.2. The molecule has 4 rings (SSSR count). The van der Waals surface area contributed by atoms with Crippen LogP contribution in [0.2, 0.25) is 0 Å². The van der Waals surface area contributed by atoms with E-state index in [0.29, 0.717) is 16.9 Å². The number of azo groups is 1. The highest BCUT2D eigenvalue weighted by Gasteiger charge is 2.06. The molecule has 2 aromatic carbocycles. The van der Waals surface area contributed by atoms with Gasteiger partial charge in [-0.25, -0.2) is 15.4 Å². The standard InChI is InChI=1S/C17H15N7S/c1-11(21-23-17-19-13-8-4-6-10-15(13)25-17)20-22-16-18-12-7-3-5-9-14(12)24(16)2/h3-10H,1-2H3,(H,18,22)/b20-11-,23-21?. The minimum absolute atomic E-state index is 0.492. The molecule has 0 atom stereocenters. The Morgan fingerprint density at radius 1 is 1.04 bits per heavy atom. The largest absolute Gasteiger partial charge is 0.312 e. The Labute approximate surface area is 147 Å². The summed E-state index contributed by atoms with van der Waals surface area (Å²) < 4.78 is 3.03. The second-order valence-electron chi connectivity index (χ2n) is 5.42. The number of hydrazone groups is 1. The van der Waals surface area contributed by atoms with Crippen molar-refractivity contribution >= 4 is 49.5 Å². The third-order valence-electron chi connectivity index (χ3n) is 3.67. The van der Waals surface area contributed by atoms with E-state index in [9.17, 15) is 0 Å². The van der Waals surface area contributed by atoms with Crippen molar-refractivity contribution in [2.45, 2.75) is 6.92 Å². The highest BCUT2D eigenvalue weighted by atomic mass is 32.1. The summed E-state index contributed by atoms with van der Waals surface area (Å²) >= 11 is 1.50. The number of hydrogen-bond donors (Lipinski definition) is 1. The number of nitrogens with one attached hydrogen (secondary N) is 1. The maximum atomic E-state index is 4.49. The second-order valence-corrected chi connectivity index (χ2v) is 6.43. The summed E-state index contributed by atoms with van der Waals surface area (Å²) in [7, 11) is 1.94. The van der Waals surface area contributed by atoms with Crippen molar-refractivity contribution in [3.63, 3.8) is 0 Å². The molecule has 0 saturated carbocycles. The molecule has 1 N–H and O–H groups in total. The van der Waals surface area contributed by atoms with Gasteiger partial charge in [0, 0.05) is 7.05 Å². The lowest BCUT2D eigenvalue weighted by Crippen LogP contribution is -2.00. The van der Waals surface area contributed by atoms with Crippen molar-refractivity contribution in [1.82, 2.24) is 14.5 Å². The first-order valence-corrected chi connectivity index (χ1v) is 8.51. The summed E-state index contributed by atoms with van der Waals surface area (Å²) in [6.45, 7) is 1.77. The number of rotatable bonds is 3. The van der Waals surface area contributed by atoms with Crippen LogP contribution < -0.4 is 5.43 Å². The monoisotopic (exact) mass is 349 g/mol. The van der Waals surface area contributed by atoms with Gasteiger partial charge in [-0.05, 0) is 31.2 Å². The molecule has 0 saturated heterocycles. The number of aryl methyl sites for hydroxylation is 1. The lowest BCUT2D eigenvalue weighted by molar-refractivity contribution is 0.941. The molecular weight excluding hydrogens is 334 g/mol. The normalized spacial score (nSPS) is 12.5.